The minimum absolute atomic E-state index is 0.600. The van der Waals surface area contributed by atoms with Gasteiger partial charge in [0.25, 0.3) is 0 Å². The Morgan fingerprint density at radius 2 is 2.24 bits per heavy atom. The number of rotatable bonds is 5. The molecular weight excluding hydrogens is 258 g/mol. The van der Waals surface area contributed by atoms with Crippen molar-refractivity contribution in [1.82, 2.24) is 10.2 Å². The van der Waals surface area contributed by atoms with Crippen molar-refractivity contribution in [3.8, 4) is 0 Å². The van der Waals surface area contributed by atoms with Crippen molar-refractivity contribution in [2.45, 2.75) is 51.7 Å². The van der Waals surface area contributed by atoms with Crippen LogP contribution in [0.15, 0.2) is 18.2 Å². The van der Waals surface area contributed by atoms with Gasteiger partial charge in [-0.15, -0.1) is 0 Å². The molecule has 1 saturated heterocycles. The molecule has 3 heteroatoms. The van der Waals surface area contributed by atoms with Crippen LogP contribution in [0, 0.1) is 0 Å². The van der Waals surface area contributed by atoms with Crippen LogP contribution in [0.2, 0.25) is 0 Å². The molecule has 3 rings (SSSR count). The third-order valence-electron chi connectivity index (χ3n) is 5.00. The van der Waals surface area contributed by atoms with Gasteiger partial charge >= 0.3 is 0 Å². The van der Waals surface area contributed by atoms with E-state index in [9.17, 15) is 0 Å². The predicted octanol–water partition coefficient (Wildman–Crippen LogP) is 2.64. The summed E-state index contributed by atoms with van der Waals surface area (Å²) >= 11 is 0. The Kier molecular flexibility index (Phi) is 4.51. The van der Waals surface area contributed by atoms with E-state index >= 15 is 0 Å². The molecule has 3 nitrogen and oxygen atoms in total. The number of nitrogens with zero attached hydrogens (tertiary/aromatic N) is 2. The summed E-state index contributed by atoms with van der Waals surface area (Å²) in [5.74, 6) is 0. The van der Waals surface area contributed by atoms with E-state index in [1.165, 1.54) is 55.7 Å². The lowest BCUT2D eigenvalue weighted by Crippen LogP contribution is -2.40. The van der Waals surface area contributed by atoms with Gasteiger partial charge in [0.1, 0.15) is 0 Å². The zero-order valence-corrected chi connectivity index (χ0v) is 13.7. The molecule has 0 amide bonds. The highest BCUT2D eigenvalue weighted by atomic mass is 15.2. The maximum absolute atomic E-state index is 3.63. The van der Waals surface area contributed by atoms with E-state index in [2.05, 4.69) is 54.2 Å². The largest absolute Gasteiger partial charge is 0.374 e. The summed E-state index contributed by atoms with van der Waals surface area (Å²) in [6.07, 6.45) is 3.87. The molecule has 1 N–H and O–H groups in total. The van der Waals surface area contributed by atoms with Crippen LogP contribution in [0.5, 0.6) is 0 Å². The SMILES string of the molecule is CC(C)N(Cc1ccc2c(c1)CCN2C)CC1CCCN1. The zero-order chi connectivity index (χ0) is 14.8. The van der Waals surface area contributed by atoms with Crippen LogP contribution in [-0.2, 0) is 13.0 Å². The Morgan fingerprint density at radius 1 is 1.38 bits per heavy atom. The molecule has 0 saturated carbocycles. The van der Waals surface area contributed by atoms with Crippen LogP contribution in [0.1, 0.15) is 37.8 Å². The number of hydrogen-bond acceptors (Lipinski definition) is 3. The lowest BCUT2D eigenvalue weighted by molar-refractivity contribution is 0.194. The summed E-state index contributed by atoms with van der Waals surface area (Å²) in [6, 6.07) is 8.34. The lowest BCUT2D eigenvalue weighted by atomic mass is 10.1. The molecule has 0 aliphatic carbocycles. The molecule has 1 aromatic carbocycles. The van der Waals surface area contributed by atoms with Crippen molar-refractivity contribution in [3.05, 3.63) is 29.3 Å². The zero-order valence-electron chi connectivity index (χ0n) is 13.7. The fraction of sp³-hybridized carbons (Fsp3) is 0.667. The van der Waals surface area contributed by atoms with Gasteiger partial charge in [0, 0.05) is 44.5 Å². The Hall–Kier alpha value is -1.06. The summed E-state index contributed by atoms with van der Waals surface area (Å²) in [5.41, 5.74) is 4.42. The van der Waals surface area contributed by atoms with Gasteiger partial charge in [-0.25, -0.2) is 0 Å². The first-order chi connectivity index (χ1) is 10.1. The monoisotopic (exact) mass is 287 g/mol. The molecule has 0 radical (unpaired) electrons. The molecule has 2 aliphatic rings. The third-order valence-corrected chi connectivity index (χ3v) is 5.00. The number of nitrogens with one attached hydrogen (secondary N) is 1. The second-order valence-electron chi connectivity index (χ2n) is 6.95. The maximum Gasteiger partial charge on any atom is 0.0397 e. The van der Waals surface area contributed by atoms with Crippen LogP contribution in [0.3, 0.4) is 0 Å². The number of benzene rings is 1. The van der Waals surface area contributed by atoms with Gasteiger partial charge in [0.05, 0.1) is 0 Å². The molecule has 1 fully saturated rings. The van der Waals surface area contributed by atoms with Crippen LogP contribution in [0.4, 0.5) is 5.69 Å². The fourth-order valence-corrected chi connectivity index (χ4v) is 3.61. The van der Waals surface area contributed by atoms with Crippen molar-refractivity contribution >= 4 is 5.69 Å². The first kappa shape index (κ1) is 14.9. The normalized spacial score (nSPS) is 21.6. The summed E-state index contributed by atoms with van der Waals surface area (Å²) < 4.78 is 0. The second-order valence-corrected chi connectivity index (χ2v) is 6.95. The molecule has 1 atom stereocenters. The topological polar surface area (TPSA) is 18.5 Å². The molecule has 0 bridgehead atoms. The van der Waals surface area contributed by atoms with Crippen molar-refractivity contribution in [1.29, 1.82) is 0 Å². The number of likely N-dealkylation sites (N-methyl/N-ethyl adjacent to an activating group) is 1. The van der Waals surface area contributed by atoms with Gasteiger partial charge in [0.15, 0.2) is 0 Å². The van der Waals surface area contributed by atoms with E-state index in [1.54, 1.807) is 0 Å². The summed E-state index contributed by atoms with van der Waals surface area (Å²) in [7, 11) is 2.19. The van der Waals surface area contributed by atoms with Crippen LogP contribution in [0.25, 0.3) is 0 Å². The summed E-state index contributed by atoms with van der Waals surface area (Å²) in [6.45, 7) is 9.24. The van der Waals surface area contributed by atoms with Crippen molar-refractivity contribution in [3.63, 3.8) is 0 Å². The van der Waals surface area contributed by atoms with Crippen molar-refractivity contribution in [2.24, 2.45) is 0 Å². The highest BCUT2D eigenvalue weighted by Crippen LogP contribution is 2.28. The minimum Gasteiger partial charge on any atom is -0.374 e. The lowest BCUT2D eigenvalue weighted by Gasteiger charge is -2.29. The average Bonchev–Trinajstić information content (AvgIpc) is 3.08. The fourth-order valence-electron chi connectivity index (χ4n) is 3.61. The van der Waals surface area contributed by atoms with Gasteiger partial charge in [-0.3, -0.25) is 4.90 Å². The first-order valence-corrected chi connectivity index (χ1v) is 8.44. The number of fused-ring (bicyclic) bond motifs is 1. The Balaban J connectivity index is 1.67. The molecule has 1 unspecified atom stereocenters. The van der Waals surface area contributed by atoms with Crippen LogP contribution < -0.4 is 10.2 Å². The van der Waals surface area contributed by atoms with Gasteiger partial charge in [-0.2, -0.15) is 0 Å². The molecule has 116 valence electrons. The first-order valence-electron chi connectivity index (χ1n) is 8.44. The molecule has 2 aliphatic heterocycles. The quantitative estimate of drug-likeness (QED) is 0.898. The van der Waals surface area contributed by atoms with Crippen LogP contribution >= 0.6 is 0 Å². The Bertz CT molecular complexity index is 477. The summed E-state index contributed by atoms with van der Waals surface area (Å²) in [5, 5.41) is 3.63. The molecule has 0 aromatic heterocycles. The highest BCUT2D eigenvalue weighted by molar-refractivity contribution is 5.58. The predicted molar refractivity (Wildman–Crippen MR) is 90.0 cm³/mol. The summed E-state index contributed by atoms with van der Waals surface area (Å²) in [4.78, 5) is 4.98. The van der Waals surface area contributed by atoms with E-state index in [0.717, 1.165) is 6.54 Å². The van der Waals surface area contributed by atoms with Gasteiger partial charge < -0.3 is 10.2 Å². The average molecular weight is 287 g/mol. The standard InChI is InChI=1S/C18H29N3/c1-14(2)21(13-17-5-4-9-19-17)12-15-6-7-18-16(11-15)8-10-20(18)3/h6-7,11,14,17,19H,4-5,8-10,12-13H2,1-3H3. The Morgan fingerprint density at radius 3 is 2.95 bits per heavy atom. The van der Waals surface area contributed by atoms with Gasteiger partial charge in [-0.05, 0) is 56.8 Å². The number of anilines is 1. The van der Waals surface area contributed by atoms with E-state index in [1.807, 2.05) is 0 Å². The molecule has 1 aromatic rings. The number of hydrogen-bond donors (Lipinski definition) is 1. The molecule has 21 heavy (non-hydrogen) atoms. The second kappa shape index (κ2) is 6.37. The third kappa shape index (κ3) is 3.41. The van der Waals surface area contributed by atoms with Crippen molar-refractivity contribution < 1.29 is 0 Å². The smallest absolute Gasteiger partial charge is 0.0397 e. The van der Waals surface area contributed by atoms with E-state index < -0.39 is 0 Å². The molecular formula is C18H29N3. The van der Waals surface area contributed by atoms with Gasteiger partial charge in [-0.1, -0.05) is 12.1 Å². The molecule has 2 heterocycles. The molecule has 0 spiro atoms. The van der Waals surface area contributed by atoms with Gasteiger partial charge in [0.2, 0.25) is 0 Å². The maximum atomic E-state index is 3.63. The van der Waals surface area contributed by atoms with Crippen LogP contribution in [-0.4, -0.2) is 43.7 Å². The highest BCUT2D eigenvalue weighted by Gasteiger charge is 2.21. The van der Waals surface area contributed by atoms with Crippen molar-refractivity contribution in [2.75, 3.05) is 31.6 Å². The Labute approximate surface area is 129 Å². The van der Waals surface area contributed by atoms with E-state index in [4.69, 9.17) is 0 Å². The van der Waals surface area contributed by atoms with E-state index in [0.29, 0.717) is 12.1 Å². The van der Waals surface area contributed by atoms with E-state index in [-0.39, 0.29) is 0 Å². The minimum atomic E-state index is 0.600.